The van der Waals surface area contributed by atoms with Crippen LogP contribution in [0, 0.1) is 6.92 Å². The topological polar surface area (TPSA) is 75.2 Å². The summed E-state index contributed by atoms with van der Waals surface area (Å²) in [4.78, 5) is 26.4. The van der Waals surface area contributed by atoms with E-state index in [1.54, 1.807) is 13.8 Å². The molecule has 1 fully saturated rings. The molecule has 1 aromatic heterocycles. The van der Waals surface area contributed by atoms with Gasteiger partial charge in [-0.1, -0.05) is 4.49 Å². The van der Waals surface area contributed by atoms with Crippen LogP contribution in [0.5, 0.6) is 0 Å². The average molecular weight is 282 g/mol. The largest absolute Gasteiger partial charge is 0.341 e. The van der Waals surface area contributed by atoms with Gasteiger partial charge in [0.25, 0.3) is 5.91 Å². The fourth-order valence-corrected chi connectivity index (χ4v) is 2.71. The van der Waals surface area contributed by atoms with Crippen molar-refractivity contribution in [2.45, 2.75) is 39.2 Å². The molecule has 1 aromatic rings. The van der Waals surface area contributed by atoms with Crippen LogP contribution in [0.4, 0.5) is 0 Å². The lowest BCUT2D eigenvalue weighted by Crippen LogP contribution is -2.48. The number of hydrogen-bond donors (Lipinski definition) is 1. The molecule has 1 aliphatic heterocycles. The van der Waals surface area contributed by atoms with Crippen LogP contribution in [0.1, 0.15) is 41.6 Å². The van der Waals surface area contributed by atoms with E-state index in [4.69, 9.17) is 0 Å². The van der Waals surface area contributed by atoms with Gasteiger partial charge in [0.2, 0.25) is 5.91 Å². The van der Waals surface area contributed by atoms with E-state index in [1.807, 2.05) is 4.90 Å². The SMILES string of the molecule is Cc1nnsc1C(=O)NC(C)C(=O)N1CCCCC1. The summed E-state index contributed by atoms with van der Waals surface area (Å²) in [6.45, 7) is 5.04. The molecule has 2 amide bonds. The van der Waals surface area contributed by atoms with Gasteiger partial charge < -0.3 is 10.2 Å². The summed E-state index contributed by atoms with van der Waals surface area (Å²) in [6.07, 6.45) is 3.27. The van der Waals surface area contributed by atoms with Crippen molar-refractivity contribution in [2.75, 3.05) is 13.1 Å². The molecule has 0 aliphatic carbocycles. The first kappa shape index (κ1) is 13.9. The summed E-state index contributed by atoms with van der Waals surface area (Å²) in [5.74, 6) is -0.284. The molecule has 19 heavy (non-hydrogen) atoms. The number of carbonyl (C=O) groups excluding carboxylic acids is 2. The highest BCUT2D eigenvalue weighted by Gasteiger charge is 2.24. The van der Waals surface area contributed by atoms with Crippen LogP contribution in [0.25, 0.3) is 0 Å². The molecule has 2 rings (SSSR count). The van der Waals surface area contributed by atoms with Gasteiger partial charge in [0, 0.05) is 13.1 Å². The first-order valence-electron chi connectivity index (χ1n) is 6.48. The fourth-order valence-electron chi connectivity index (χ4n) is 2.15. The first-order chi connectivity index (χ1) is 9.09. The summed E-state index contributed by atoms with van der Waals surface area (Å²) >= 11 is 1.05. The van der Waals surface area contributed by atoms with Crippen LogP contribution in [-0.2, 0) is 4.79 Å². The maximum Gasteiger partial charge on any atom is 0.265 e. The van der Waals surface area contributed by atoms with Crippen LogP contribution in [0.15, 0.2) is 0 Å². The Hall–Kier alpha value is -1.50. The number of amides is 2. The molecular formula is C12H18N4O2S. The molecular weight excluding hydrogens is 264 g/mol. The van der Waals surface area contributed by atoms with E-state index in [2.05, 4.69) is 14.9 Å². The van der Waals surface area contributed by atoms with Crippen molar-refractivity contribution >= 4 is 23.3 Å². The molecule has 0 saturated carbocycles. The Labute approximate surface area is 116 Å². The summed E-state index contributed by atoms with van der Waals surface area (Å²) in [5, 5.41) is 6.51. The summed E-state index contributed by atoms with van der Waals surface area (Å²) in [5.41, 5.74) is 0.597. The number of likely N-dealkylation sites (tertiary alicyclic amines) is 1. The lowest BCUT2D eigenvalue weighted by atomic mass is 10.1. The highest BCUT2D eigenvalue weighted by molar-refractivity contribution is 7.08. The molecule has 0 aromatic carbocycles. The number of carbonyl (C=O) groups is 2. The third-order valence-electron chi connectivity index (χ3n) is 3.24. The van der Waals surface area contributed by atoms with Gasteiger partial charge in [0.05, 0.1) is 5.69 Å². The van der Waals surface area contributed by atoms with Gasteiger partial charge in [-0.25, -0.2) is 0 Å². The highest BCUT2D eigenvalue weighted by Crippen LogP contribution is 2.12. The van der Waals surface area contributed by atoms with Crippen molar-refractivity contribution in [3.8, 4) is 0 Å². The molecule has 104 valence electrons. The minimum absolute atomic E-state index is 0.0109. The zero-order valence-electron chi connectivity index (χ0n) is 11.2. The quantitative estimate of drug-likeness (QED) is 0.896. The Bertz CT molecular complexity index is 468. The molecule has 1 saturated heterocycles. The van der Waals surface area contributed by atoms with Crippen LogP contribution < -0.4 is 5.32 Å². The van der Waals surface area contributed by atoms with E-state index >= 15 is 0 Å². The second-order valence-electron chi connectivity index (χ2n) is 4.77. The van der Waals surface area contributed by atoms with Crippen LogP contribution in [-0.4, -0.2) is 45.4 Å². The van der Waals surface area contributed by atoms with Gasteiger partial charge in [0.1, 0.15) is 10.9 Å². The molecule has 0 radical (unpaired) electrons. The van der Waals surface area contributed by atoms with E-state index in [0.29, 0.717) is 10.6 Å². The Morgan fingerprint density at radius 2 is 2.00 bits per heavy atom. The molecule has 0 spiro atoms. The lowest BCUT2D eigenvalue weighted by Gasteiger charge is -2.29. The smallest absolute Gasteiger partial charge is 0.265 e. The standard InChI is InChI=1S/C12H18N4O2S/c1-8-10(19-15-14-8)11(17)13-9(2)12(18)16-6-4-3-5-7-16/h9H,3-7H2,1-2H3,(H,13,17). The summed E-state index contributed by atoms with van der Waals surface area (Å²) in [6, 6.07) is -0.507. The summed E-state index contributed by atoms with van der Waals surface area (Å²) in [7, 11) is 0. The van der Waals surface area contributed by atoms with Gasteiger partial charge in [-0.2, -0.15) is 0 Å². The predicted molar refractivity (Wildman–Crippen MR) is 72.0 cm³/mol. The van der Waals surface area contributed by atoms with Crippen LogP contribution in [0.3, 0.4) is 0 Å². The molecule has 6 nitrogen and oxygen atoms in total. The first-order valence-corrected chi connectivity index (χ1v) is 7.25. The van der Waals surface area contributed by atoms with Gasteiger partial charge in [-0.15, -0.1) is 5.10 Å². The predicted octanol–water partition coefficient (Wildman–Crippen LogP) is 0.977. The number of nitrogens with zero attached hydrogens (tertiary/aromatic N) is 3. The molecule has 0 bridgehead atoms. The third kappa shape index (κ3) is 3.28. The highest BCUT2D eigenvalue weighted by atomic mass is 32.1. The second kappa shape index (κ2) is 6.10. The normalized spacial score (nSPS) is 17.1. The van der Waals surface area contributed by atoms with E-state index in [9.17, 15) is 9.59 Å². The number of rotatable bonds is 3. The lowest BCUT2D eigenvalue weighted by molar-refractivity contribution is -0.133. The Morgan fingerprint density at radius 3 is 2.58 bits per heavy atom. The molecule has 1 aliphatic rings. The maximum atomic E-state index is 12.2. The van der Waals surface area contributed by atoms with Crippen LogP contribution in [0.2, 0.25) is 0 Å². The monoisotopic (exact) mass is 282 g/mol. The molecule has 1 N–H and O–H groups in total. The maximum absolute atomic E-state index is 12.2. The van der Waals surface area contributed by atoms with Gasteiger partial charge in [0.15, 0.2) is 0 Å². The van der Waals surface area contributed by atoms with Crippen molar-refractivity contribution in [3.05, 3.63) is 10.6 Å². The second-order valence-corrected chi connectivity index (χ2v) is 5.52. The van der Waals surface area contributed by atoms with Gasteiger partial charge >= 0.3 is 0 Å². The van der Waals surface area contributed by atoms with E-state index in [0.717, 1.165) is 37.5 Å². The van der Waals surface area contributed by atoms with Crippen molar-refractivity contribution in [3.63, 3.8) is 0 Å². The fraction of sp³-hybridized carbons (Fsp3) is 0.667. The Kier molecular flexibility index (Phi) is 4.47. The van der Waals surface area contributed by atoms with Crippen molar-refractivity contribution in [1.29, 1.82) is 0 Å². The zero-order valence-corrected chi connectivity index (χ0v) is 12.0. The number of aryl methyl sites for hydroxylation is 1. The molecule has 2 heterocycles. The Balaban J connectivity index is 1.93. The van der Waals surface area contributed by atoms with Crippen LogP contribution >= 0.6 is 11.5 Å². The third-order valence-corrected chi connectivity index (χ3v) is 4.07. The van der Waals surface area contributed by atoms with E-state index in [-0.39, 0.29) is 11.8 Å². The Morgan fingerprint density at radius 1 is 1.32 bits per heavy atom. The van der Waals surface area contributed by atoms with Gasteiger partial charge in [-0.05, 0) is 44.6 Å². The molecule has 1 unspecified atom stereocenters. The average Bonchev–Trinajstić information content (AvgIpc) is 2.85. The number of hydrogen-bond acceptors (Lipinski definition) is 5. The minimum Gasteiger partial charge on any atom is -0.341 e. The molecule has 7 heteroatoms. The minimum atomic E-state index is -0.507. The number of aromatic nitrogens is 2. The van der Waals surface area contributed by atoms with Crippen molar-refractivity contribution < 1.29 is 9.59 Å². The zero-order chi connectivity index (χ0) is 13.8. The van der Waals surface area contributed by atoms with Crippen molar-refractivity contribution in [2.24, 2.45) is 0 Å². The number of piperidine rings is 1. The molecule has 1 atom stereocenters. The number of nitrogens with one attached hydrogen (secondary N) is 1. The summed E-state index contributed by atoms with van der Waals surface area (Å²) < 4.78 is 3.72. The van der Waals surface area contributed by atoms with E-state index in [1.165, 1.54) is 6.42 Å². The van der Waals surface area contributed by atoms with Gasteiger partial charge in [-0.3, -0.25) is 9.59 Å². The van der Waals surface area contributed by atoms with E-state index < -0.39 is 6.04 Å². The van der Waals surface area contributed by atoms with Crippen molar-refractivity contribution in [1.82, 2.24) is 19.8 Å².